The van der Waals surface area contributed by atoms with Gasteiger partial charge in [0.15, 0.2) is 6.10 Å². The molecule has 0 bridgehead atoms. The summed E-state index contributed by atoms with van der Waals surface area (Å²) in [6, 6.07) is 2.77. The summed E-state index contributed by atoms with van der Waals surface area (Å²) < 4.78 is 79.7. The van der Waals surface area contributed by atoms with E-state index < -0.39 is 47.9 Å². The molecule has 0 aliphatic carbocycles. The molecule has 1 aromatic carbocycles. The predicted molar refractivity (Wildman–Crippen MR) is 63.8 cm³/mol. The second-order valence-electron chi connectivity index (χ2n) is 4.52. The summed E-state index contributed by atoms with van der Waals surface area (Å²) in [6.45, 7) is 0. The van der Waals surface area contributed by atoms with E-state index in [1.165, 1.54) is 0 Å². The Morgan fingerprint density at radius 1 is 1.23 bits per heavy atom. The van der Waals surface area contributed by atoms with E-state index in [0.717, 1.165) is 18.2 Å². The van der Waals surface area contributed by atoms with Crippen LogP contribution in [0.4, 0.5) is 26.3 Å². The topological polar surface area (TPSA) is 46.5 Å². The van der Waals surface area contributed by atoms with Crippen LogP contribution in [0.3, 0.4) is 0 Å². The number of hydrogen-bond acceptors (Lipinski definition) is 3. The van der Waals surface area contributed by atoms with Crippen LogP contribution in [0.5, 0.6) is 5.75 Å². The Hall–Kier alpha value is -1.58. The van der Waals surface area contributed by atoms with Crippen molar-refractivity contribution in [3.05, 3.63) is 23.8 Å². The van der Waals surface area contributed by atoms with Gasteiger partial charge < -0.3 is 9.84 Å². The lowest BCUT2D eigenvalue weighted by molar-refractivity contribution is -0.201. The van der Waals surface area contributed by atoms with Gasteiger partial charge >= 0.3 is 17.7 Å². The highest BCUT2D eigenvalue weighted by molar-refractivity contribution is 8.00. The number of alkyl halides is 6. The third-order valence-electron chi connectivity index (χ3n) is 2.97. The highest BCUT2D eigenvalue weighted by Gasteiger charge is 2.48. The van der Waals surface area contributed by atoms with Gasteiger partial charge in [0.2, 0.25) is 0 Å². The Kier molecular flexibility index (Phi) is 4.24. The number of carbonyl (C=O) groups is 1. The second-order valence-corrected chi connectivity index (χ2v) is 5.66. The van der Waals surface area contributed by atoms with Crippen LogP contribution in [0.15, 0.2) is 23.1 Å². The van der Waals surface area contributed by atoms with Crippen LogP contribution in [0.2, 0.25) is 0 Å². The molecule has 2 atom stereocenters. The molecule has 0 fully saturated rings. The molecule has 2 rings (SSSR count). The number of carboxylic acids is 1. The Bertz CT molecular complexity index is 583. The Balaban J connectivity index is 2.39. The molecule has 1 heterocycles. The van der Waals surface area contributed by atoms with Crippen molar-refractivity contribution in [2.24, 2.45) is 0 Å². The average molecular weight is 346 g/mol. The first kappa shape index (κ1) is 16.8. The minimum absolute atomic E-state index is 0.192. The van der Waals surface area contributed by atoms with Gasteiger partial charge in [-0.25, -0.2) is 0 Å². The molecule has 22 heavy (non-hydrogen) atoms. The summed E-state index contributed by atoms with van der Waals surface area (Å²) in [5.74, 6) is -3.50. The third-order valence-corrected chi connectivity index (χ3v) is 3.69. The van der Waals surface area contributed by atoms with E-state index in [0.29, 0.717) is 0 Å². The van der Waals surface area contributed by atoms with Crippen LogP contribution >= 0.6 is 11.8 Å². The molecule has 0 spiro atoms. The van der Waals surface area contributed by atoms with Crippen LogP contribution < -0.4 is 4.74 Å². The number of aliphatic carboxylic acids is 1. The van der Waals surface area contributed by atoms with Crippen LogP contribution in [-0.2, 0) is 4.79 Å². The number of halogens is 6. The van der Waals surface area contributed by atoms with Crippen LogP contribution in [0, 0.1) is 0 Å². The molecule has 3 nitrogen and oxygen atoms in total. The number of ether oxygens (including phenoxy) is 1. The van der Waals surface area contributed by atoms with E-state index in [1.807, 2.05) is 0 Å². The van der Waals surface area contributed by atoms with Crippen molar-refractivity contribution in [3.8, 4) is 5.75 Å². The maximum Gasteiger partial charge on any atom is 0.446 e. The predicted octanol–water partition coefficient (Wildman–Crippen LogP) is 4.18. The normalized spacial score (nSPS) is 21.9. The van der Waals surface area contributed by atoms with Gasteiger partial charge in [0, 0.05) is 16.9 Å². The Morgan fingerprint density at radius 3 is 2.36 bits per heavy atom. The number of fused-ring (bicyclic) bond motifs is 1. The van der Waals surface area contributed by atoms with Crippen molar-refractivity contribution in [2.75, 3.05) is 0 Å². The first-order chi connectivity index (χ1) is 9.97. The first-order valence-electron chi connectivity index (χ1n) is 5.83. The third kappa shape index (κ3) is 3.79. The fourth-order valence-electron chi connectivity index (χ4n) is 2.08. The van der Waals surface area contributed by atoms with Crippen molar-refractivity contribution in [1.29, 1.82) is 0 Å². The van der Waals surface area contributed by atoms with Gasteiger partial charge in [0.25, 0.3) is 0 Å². The van der Waals surface area contributed by atoms with Crippen molar-refractivity contribution < 1.29 is 41.0 Å². The van der Waals surface area contributed by atoms with Gasteiger partial charge in [-0.3, -0.25) is 4.79 Å². The summed E-state index contributed by atoms with van der Waals surface area (Å²) >= 11 is -0.477. The van der Waals surface area contributed by atoms with Crippen molar-refractivity contribution in [1.82, 2.24) is 0 Å². The zero-order chi connectivity index (χ0) is 16.7. The second kappa shape index (κ2) is 5.56. The minimum Gasteiger partial charge on any atom is -0.481 e. The molecule has 0 amide bonds. The van der Waals surface area contributed by atoms with Crippen LogP contribution in [0.1, 0.15) is 17.9 Å². The van der Waals surface area contributed by atoms with E-state index >= 15 is 0 Å². The quantitative estimate of drug-likeness (QED) is 0.645. The van der Waals surface area contributed by atoms with Gasteiger partial charge in [-0.2, -0.15) is 26.3 Å². The number of hydrogen-bond donors (Lipinski definition) is 1. The van der Waals surface area contributed by atoms with E-state index in [4.69, 9.17) is 5.11 Å². The molecule has 122 valence electrons. The largest absolute Gasteiger partial charge is 0.481 e. The Labute approximate surface area is 124 Å². The smallest absolute Gasteiger partial charge is 0.446 e. The molecule has 0 saturated carbocycles. The molecule has 2 unspecified atom stereocenters. The summed E-state index contributed by atoms with van der Waals surface area (Å²) in [4.78, 5) is 10.8. The first-order valence-corrected chi connectivity index (χ1v) is 6.65. The van der Waals surface area contributed by atoms with Crippen molar-refractivity contribution in [3.63, 3.8) is 0 Å². The minimum atomic E-state index is -4.76. The molecule has 10 heteroatoms. The average Bonchev–Trinajstić information content (AvgIpc) is 2.34. The zero-order valence-electron chi connectivity index (χ0n) is 10.5. The lowest BCUT2D eigenvalue weighted by Gasteiger charge is -2.31. The van der Waals surface area contributed by atoms with E-state index in [-0.39, 0.29) is 16.2 Å². The maximum atomic E-state index is 12.7. The standard InChI is InChI=1S/C12H8F6O3S/c13-11(14,15)9-4-7(10(19)20)6-3-5(22-12(16,17)18)1-2-8(6)21-9/h1-3,7,9H,4H2,(H,19,20). The SMILES string of the molecule is O=C(O)C1CC(C(F)(F)F)Oc2ccc(SC(F)(F)F)cc21. The summed E-state index contributed by atoms with van der Waals surface area (Å²) in [7, 11) is 0. The molecule has 1 aliphatic heterocycles. The summed E-state index contributed by atoms with van der Waals surface area (Å²) in [6.07, 6.45) is -7.95. The monoisotopic (exact) mass is 346 g/mol. The van der Waals surface area contributed by atoms with Crippen LogP contribution in [-0.4, -0.2) is 28.9 Å². The zero-order valence-corrected chi connectivity index (χ0v) is 11.4. The van der Waals surface area contributed by atoms with E-state index in [9.17, 15) is 31.1 Å². The molecular formula is C12H8F6O3S. The highest BCUT2D eigenvalue weighted by Crippen LogP contribution is 2.45. The van der Waals surface area contributed by atoms with Gasteiger partial charge in [-0.15, -0.1) is 0 Å². The molecule has 0 aromatic heterocycles. The number of thioether (sulfide) groups is 1. The van der Waals surface area contributed by atoms with Crippen molar-refractivity contribution >= 4 is 17.7 Å². The van der Waals surface area contributed by atoms with Gasteiger partial charge in [0.05, 0.1) is 5.92 Å². The fraction of sp³-hybridized carbons (Fsp3) is 0.417. The number of benzene rings is 1. The van der Waals surface area contributed by atoms with E-state index in [2.05, 4.69) is 4.74 Å². The highest BCUT2D eigenvalue weighted by atomic mass is 32.2. The maximum absolute atomic E-state index is 12.7. The summed E-state index contributed by atoms with van der Waals surface area (Å²) in [5.41, 5.74) is -4.78. The molecule has 0 radical (unpaired) electrons. The molecule has 1 aromatic rings. The Morgan fingerprint density at radius 2 is 1.86 bits per heavy atom. The van der Waals surface area contributed by atoms with Crippen molar-refractivity contribution in [2.45, 2.75) is 35.0 Å². The molecular weight excluding hydrogens is 338 g/mol. The lowest BCUT2D eigenvalue weighted by Crippen LogP contribution is -2.40. The fourth-order valence-corrected chi connectivity index (χ4v) is 2.67. The number of rotatable bonds is 2. The summed E-state index contributed by atoms with van der Waals surface area (Å²) in [5, 5.41) is 9.04. The molecule has 1 aliphatic rings. The van der Waals surface area contributed by atoms with Gasteiger partial charge in [-0.1, -0.05) is 0 Å². The van der Waals surface area contributed by atoms with Gasteiger partial charge in [-0.05, 0) is 30.0 Å². The molecule has 1 N–H and O–H groups in total. The lowest BCUT2D eigenvalue weighted by atomic mass is 9.89. The van der Waals surface area contributed by atoms with E-state index in [1.54, 1.807) is 0 Å². The van der Waals surface area contributed by atoms with Gasteiger partial charge in [0.1, 0.15) is 5.75 Å². The van der Waals surface area contributed by atoms with Crippen LogP contribution in [0.25, 0.3) is 0 Å². The molecule has 0 saturated heterocycles. The number of carboxylic acid groups (broad SMARTS) is 1.